The van der Waals surface area contributed by atoms with E-state index >= 15 is 0 Å². The molecule has 2 aromatic carbocycles. The molecule has 4 nitrogen and oxygen atoms in total. The van der Waals surface area contributed by atoms with E-state index in [0.717, 1.165) is 35.1 Å². The molecule has 0 saturated carbocycles. The van der Waals surface area contributed by atoms with Gasteiger partial charge in [-0.25, -0.2) is 4.98 Å². The number of hydrogen-bond donors (Lipinski definition) is 1. The summed E-state index contributed by atoms with van der Waals surface area (Å²) in [6.07, 6.45) is 2.16. The lowest BCUT2D eigenvalue weighted by molar-refractivity contribution is -0.115. The summed E-state index contributed by atoms with van der Waals surface area (Å²) in [5, 5.41) is 5.54. The minimum atomic E-state index is -0.0293. The molecule has 3 aromatic rings. The fourth-order valence-electron chi connectivity index (χ4n) is 3.19. The van der Waals surface area contributed by atoms with Gasteiger partial charge >= 0.3 is 0 Å². The number of para-hydroxylation sites is 1. The van der Waals surface area contributed by atoms with Crippen molar-refractivity contribution in [2.75, 3.05) is 23.3 Å². The zero-order valence-corrected chi connectivity index (χ0v) is 16.5. The maximum absolute atomic E-state index is 12.5. The summed E-state index contributed by atoms with van der Waals surface area (Å²) in [4.78, 5) is 19.2. The number of aryl methyl sites for hydroxylation is 1. The predicted octanol–water partition coefficient (Wildman–Crippen LogP) is 4.96. The summed E-state index contributed by atoms with van der Waals surface area (Å²) < 4.78 is 1.03. The van der Waals surface area contributed by atoms with Gasteiger partial charge in [0.2, 0.25) is 5.91 Å². The third-order valence-electron chi connectivity index (χ3n) is 4.43. The number of nitrogens with zero attached hydrogens (tertiary/aromatic N) is 2. The molecule has 1 aromatic heterocycles. The lowest BCUT2D eigenvalue weighted by atomic mass is 10.0. The van der Waals surface area contributed by atoms with Crippen LogP contribution in [0.4, 0.5) is 10.8 Å². The molecule has 1 amide bonds. The summed E-state index contributed by atoms with van der Waals surface area (Å²) >= 11 is 4.89. The van der Waals surface area contributed by atoms with E-state index in [-0.39, 0.29) is 5.91 Å². The first-order chi connectivity index (χ1) is 12.7. The van der Waals surface area contributed by atoms with Gasteiger partial charge in [0.15, 0.2) is 5.13 Å². The number of fused-ring (bicyclic) bond motifs is 1. The second-order valence-electron chi connectivity index (χ2n) is 6.25. The second-order valence-corrected chi connectivity index (χ2v) is 8.02. The van der Waals surface area contributed by atoms with E-state index in [4.69, 9.17) is 0 Å². The molecule has 26 heavy (non-hydrogen) atoms. The number of aromatic nitrogens is 1. The van der Waals surface area contributed by atoms with Gasteiger partial charge in [0, 0.05) is 27.6 Å². The highest BCUT2D eigenvalue weighted by molar-refractivity contribution is 9.10. The number of benzene rings is 2. The molecule has 2 heterocycles. The number of hydrogen-bond acceptors (Lipinski definition) is 4. The van der Waals surface area contributed by atoms with Crippen molar-refractivity contribution >= 4 is 44.0 Å². The maximum Gasteiger partial charge on any atom is 0.245 e. The van der Waals surface area contributed by atoms with Crippen molar-refractivity contribution in [3.8, 4) is 11.3 Å². The van der Waals surface area contributed by atoms with Crippen molar-refractivity contribution in [3.05, 3.63) is 63.9 Å². The molecule has 0 spiro atoms. The number of halogens is 1. The quantitative estimate of drug-likeness (QED) is 0.639. The molecule has 132 valence electrons. The van der Waals surface area contributed by atoms with Crippen LogP contribution in [0.2, 0.25) is 0 Å². The Hall–Kier alpha value is -2.18. The highest BCUT2D eigenvalue weighted by Crippen LogP contribution is 2.28. The van der Waals surface area contributed by atoms with Gasteiger partial charge in [-0.2, -0.15) is 0 Å². The zero-order valence-electron chi connectivity index (χ0n) is 14.1. The normalized spacial score (nSPS) is 13.3. The van der Waals surface area contributed by atoms with Crippen LogP contribution in [0.1, 0.15) is 12.0 Å². The molecule has 1 aliphatic heterocycles. The van der Waals surface area contributed by atoms with E-state index in [1.165, 1.54) is 22.6 Å². The van der Waals surface area contributed by atoms with Gasteiger partial charge in [0.1, 0.15) is 0 Å². The fourth-order valence-corrected chi connectivity index (χ4v) is 4.19. The average Bonchev–Trinajstić information content (AvgIpc) is 3.11. The van der Waals surface area contributed by atoms with Gasteiger partial charge in [-0.3, -0.25) is 4.79 Å². The van der Waals surface area contributed by atoms with E-state index < -0.39 is 0 Å². The summed E-state index contributed by atoms with van der Waals surface area (Å²) in [7, 11) is 0. The standard InChI is InChI=1S/C20H18BrN3OS/c21-16-9-7-14(8-10-16)17-13-26-20(22-17)23-19(25)12-24-11-3-5-15-4-1-2-6-18(15)24/h1-2,4,6-10,13H,3,5,11-12H2,(H,22,23,25). The van der Waals surface area contributed by atoms with Gasteiger partial charge < -0.3 is 10.2 Å². The average molecular weight is 428 g/mol. The number of anilines is 2. The number of carbonyl (C=O) groups excluding carboxylic acids is 1. The largest absolute Gasteiger partial charge is 0.362 e. The molecule has 0 atom stereocenters. The van der Waals surface area contributed by atoms with Crippen LogP contribution in [0.25, 0.3) is 11.3 Å². The lowest BCUT2D eigenvalue weighted by Crippen LogP contribution is -2.36. The Morgan fingerprint density at radius 1 is 1.19 bits per heavy atom. The van der Waals surface area contributed by atoms with Gasteiger partial charge in [-0.05, 0) is 36.6 Å². The molecular formula is C20H18BrN3OS. The molecule has 1 aliphatic rings. The molecule has 0 radical (unpaired) electrons. The van der Waals surface area contributed by atoms with Crippen LogP contribution >= 0.6 is 27.3 Å². The summed E-state index contributed by atoms with van der Waals surface area (Å²) in [5.74, 6) is -0.0293. The monoisotopic (exact) mass is 427 g/mol. The van der Waals surface area contributed by atoms with E-state index in [2.05, 4.69) is 49.3 Å². The van der Waals surface area contributed by atoms with Gasteiger partial charge in [0.25, 0.3) is 0 Å². The first kappa shape index (κ1) is 17.2. The van der Waals surface area contributed by atoms with E-state index in [1.807, 2.05) is 35.7 Å². The molecule has 0 fully saturated rings. The Morgan fingerprint density at radius 2 is 2.00 bits per heavy atom. The number of thiazole rings is 1. The van der Waals surface area contributed by atoms with Crippen molar-refractivity contribution in [1.82, 2.24) is 4.98 Å². The molecule has 0 unspecified atom stereocenters. The van der Waals surface area contributed by atoms with Crippen molar-refractivity contribution in [2.24, 2.45) is 0 Å². The topological polar surface area (TPSA) is 45.2 Å². The van der Waals surface area contributed by atoms with Gasteiger partial charge in [0.05, 0.1) is 12.2 Å². The van der Waals surface area contributed by atoms with Crippen molar-refractivity contribution in [1.29, 1.82) is 0 Å². The van der Waals surface area contributed by atoms with E-state index in [1.54, 1.807) is 0 Å². The van der Waals surface area contributed by atoms with Gasteiger partial charge in [-0.1, -0.05) is 46.3 Å². The van der Waals surface area contributed by atoms with Crippen molar-refractivity contribution in [3.63, 3.8) is 0 Å². The molecular weight excluding hydrogens is 410 g/mol. The van der Waals surface area contributed by atoms with E-state index in [0.29, 0.717) is 11.7 Å². The highest BCUT2D eigenvalue weighted by Gasteiger charge is 2.19. The Kier molecular flexibility index (Phi) is 5.04. The molecule has 0 saturated heterocycles. The second kappa shape index (κ2) is 7.60. The minimum absolute atomic E-state index is 0.0293. The number of rotatable bonds is 4. The molecule has 0 aliphatic carbocycles. The summed E-state index contributed by atoms with van der Waals surface area (Å²) in [6.45, 7) is 1.26. The Bertz CT molecular complexity index is 923. The number of carbonyl (C=O) groups is 1. The Morgan fingerprint density at radius 3 is 2.85 bits per heavy atom. The van der Waals surface area contributed by atoms with Crippen LogP contribution in [-0.4, -0.2) is 24.0 Å². The molecule has 4 rings (SSSR count). The van der Waals surface area contributed by atoms with Crippen LogP contribution in [-0.2, 0) is 11.2 Å². The first-order valence-electron chi connectivity index (χ1n) is 8.53. The third kappa shape index (κ3) is 3.81. The van der Waals surface area contributed by atoms with Crippen LogP contribution < -0.4 is 10.2 Å². The van der Waals surface area contributed by atoms with Crippen molar-refractivity contribution in [2.45, 2.75) is 12.8 Å². The smallest absolute Gasteiger partial charge is 0.245 e. The van der Waals surface area contributed by atoms with Crippen LogP contribution in [0.5, 0.6) is 0 Å². The van der Waals surface area contributed by atoms with Crippen LogP contribution in [0, 0.1) is 0 Å². The maximum atomic E-state index is 12.5. The van der Waals surface area contributed by atoms with Gasteiger partial charge in [-0.15, -0.1) is 11.3 Å². The number of nitrogens with one attached hydrogen (secondary N) is 1. The van der Waals surface area contributed by atoms with Crippen LogP contribution in [0.3, 0.4) is 0 Å². The SMILES string of the molecule is O=C(CN1CCCc2ccccc21)Nc1nc(-c2ccc(Br)cc2)cs1. The Labute approximate surface area is 165 Å². The molecule has 1 N–H and O–H groups in total. The summed E-state index contributed by atoms with van der Waals surface area (Å²) in [5.41, 5.74) is 4.40. The number of amides is 1. The molecule has 0 bridgehead atoms. The van der Waals surface area contributed by atoms with E-state index in [9.17, 15) is 4.79 Å². The molecule has 6 heteroatoms. The lowest BCUT2D eigenvalue weighted by Gasteiger charge is -2.30. The zero-order chi connectivity index (χ0) is 17.9. The fraction of sp³-hybridized carbons (Fsp3) is 0.200. The third-order valence-corrected chi connectivity index (χ3v) is 5.72. The summed E-state index contributed by atoms with van der Waals surface area (Å²) in [6, 6.07) is 16.3. The Balaban J connectivity index is 1.42. The predicted molar refractivity (Wildman–Crippen MR) is 111 cm³/mol. The van der Waals surface area contributed by atoms with Crippen LogP contribution in [0.15, 0.2) is 58.4 Å². The minimum Gasteiger partial charge on any atom is -0.362 e. The highest BCUT2D eigenvalue weighted by atomic mass is 79.9. The first-order valence-corrected chi connectivity index (χ1v) is 10.2. The van der Waals surface area contributed by atoms with Crippen molar-refractivity contribution < 1.29 is 4.79 Å².